The summed E-state index contributed by atoms with van der Waals surface area (Å²) in [7, 11) is 0. The average molecular weight is 274 g/mol. The Balaban J connectivity index is 0.000000704. The lowest BCUT2D eigenvalue weighted by Crippen LogP contribution is -2.30. The van der Waals surface area contributed by atoms with Gasteiger partial charge >= 0.3 is 11.1 Å². The normalized spacial score (nSPS) is 13.6. The van der Waals surface area contributed by atoms with Crippen molar-refractivity contribution in [3.63, 3.8) is 0 Å². The minimum atomic E-state index is -0.569. The van der Waals surface area contributed by atoms with Gasteiger partial charge < -0.3 is 9.97 Å². The van der Waals surface area contributed by atoms with E-state index in [0.717, 1.165) is 35.9 Å². The molecule has 0 aliphatic heterocycles. The molecule has 0 amide bonds. The van der Waals surface area contributed by atoms with Crippen molar-refractivity contribution >= 4 is 11.0 Å². The molecule has 4 heteroatoms. The number of aromatic amines is 2. The number of nitrogens with one attached hydrogen (secondary N) is 2. The molecule has 0 atom stereocenters. The number of benzene rings is 1. The van der Waals surface area contributed by atoms with Gasteiger partial charge in [0.15, 0.2) is 0 Å². The molecule has 3 rings (SSSR count). The van der Waals surface area contributed by atoms with Gasteiger partial charge in [-0.1, -0.05) is 13.8 Å². The third kappa shape index (κ3) is 2.19. The van der Waals surface area contributed by atoms with Gasteiger partial charge in [-0.25, -0.2) is 0 Å². The Morgan fingerprint density at radius 2 is 1.25 bits per heavy atom. The Bertz CT molecular complexity index is 754. The molecule has 1 aliphatic rings. The molecule has 2 N–H and O–H groups in total. The summed E-state index contributed by atoms with van der Waals surface area (Å²) in [5.74, 6) is 0. The summed E-state index contributed by atoms with van der Waals surface area (Å²) >= 11 is 0. The lowest BCUT2D eigenvalue weighted by Gasteiger charge is -2.22. The first kappa shape index (κ1) is 14.6. The Morgan fingerprint density at radius 1 is 0.750 bits per heavy atom. The lowest BCUT2D eigenvalue weighted by atomic mass is 9.85. The monoisotopic (exact) mass is 274 g/mol. The zero-order valence-corrected chi connectivity index (χ0v) is 12.6. The van der Waals surface area contributed by atoms with Crippen molar-refractivity contribution in [1.82, 2.24) is 9.97 Å². The summed E-state index contributed by atoms with van der Waals surface area (Å²) in [5.41, 5.74) is 5.38. The molecule has 1 aromatic heterocycles. The van der Waals surface area contributed by atoms with Gasteiger partial charge in [0, 0.05) is 0 Å². The van der Waals surface area contributed by atoms with Gasteiger partial charge in [-0.3, -0.25) is 9.59 Å². The van der Waals surface area contributed by atoms with Gasteiger partial charge in [0.25, 0.3) is 0 Å². The number of hydrogen-bond donors (Lipinski definition) is 2. The van der Waals surface area contributed by atoms with Gasteiger partial charge in [-0.15, -0.1) is 0 Å². The van der Waals surface area contributed by atoms with Gasteiger partial charge in [0.05, 0.1) is 11.0 Å². The first-order valence-electron chi connectivity index (χ1n) is 7.37. The predicted octanol–water partition coefficient (Wildman–Crippen LogP) is 2.74. The van der Waals surface area contributed by atoms with Gasteiger partial charge in [-0.05, 0) is 61.8 Å². The van der Waals surface area contributed by atoms with Gasteiger partial charge in [0.2, 0.25) is 0 Å². The van der Waals surface area contributed by atoms with E-state index in [0.29, 0.717) is 0 Å². The van der Waals surface area contributed by atoms with E-state index in [1.54, 1.807) is 0 Å². The highest BCUT2D eigenvalue weighted by Crippen LogP contribution is 2.31. The molecule has 0 unspecified atom stereocenters. The van der Waals surface area contributed by atoms with Crippen LogP contribution in [0.15, 0.2) is 9.59 Å². The van der Waals surface area contributed by atoms with Crippen LogP contribution in [0, 0.1) is 13.8 Å². The standard InChI is InChI=1S/C14H16N2O2.C2H6/c1-7-8(2)11-12(16-14(18)13(17)15-11)10-6-4-3-5-9(7)10;1-2/h3-6H2,1-2H3,(H,15,17)(H,16,18);1-2H3. The Morgan fingerprint density at radius 3 is 1.85 bits per heavy atom. The van der Waals surface area contributed by atoms with Crippen molar-refractivity contribution < 1.29 is 0 Å². The summed E-state index contributed by atoms with van der Waals surface area (Å²) in [4.78, 5) is 28.5. The molecular formula is C16H22N2O2. The summed E-state index contributed by atoms with van der Waals surface area (Å²) in [6.07, 6.45) is 4.40. The van der Waals surface area contributed by atoms with E-state index in [4.69, 9.17) is 0 Å². The maximum absolute atomic E-state index is 11.5. The maximum Gasteiger partial charge on any atom is 0.314 e. The number of aryl methyl sites for hydroxylation is 2. The van der Waals surface area contributed by atoms with Crippen LogP contribution in [0.5, 0.6) is 0 Å². The largest absolute Gasteiger partial charge is 0.316 e. The summed E-state index contributed by atoms with van der Waals surface area (Å²) in [6.45, 7) is 8.10. The average Bonchev–Trinajstić information content (AvgIpc) is 2.49. The summed E-state index contributed by atoms with van der Waals surface area (Å²) < 4.78 is 0. The van der Waals surface area contributed by atoms with Gasteiger partial charge in [-0.2, -0.15) is 0 Å². The third-order valence-corrected chi connectivity index (χ3v) is 4.09. The van der Waals surface area contributed by atoms with Crippen LogP contribution in [0.25, 0.3) is 11.0 Å². The van der Waals surface area contributed by atoms with Gasteiger partial charge in [0.1, 0.15) is 0 Å². The highest BCUT2D eigenvalue weighted by atomic mass is 16.2. The summed E-state index contributed by atoms with van der Waals surface area (Å²) in [6, 6.07) is 0. The Labute approximate surface area is 118 Å². The zero-order valence-electron chi connectivity index (χ0n) is 12.6. The number of aromatic nitrogens is 2. The molecular weight excluding hydrogens is 252 g/mol. The number of H-pyrrole nitrogens is 2. The van der Waals surface area contributed by atoms with E-state index in [1.807, 2.05) is 20.8 Å². The van der Waals surface area contributed by atoms with E-state index in [-0.39, 0.29) is 0 Å². The maximum atomic E-state index is 11.5. The van der Waals surface area contributed by atoms with Crippen LogP contribution in [-0.2, 0) is 12.8 Å². The predicted molar refractivity (Wildman–Crippen MR) is 82.7 cm³/mol. The van der Waals surface area contributed by atoms with Crippen LogP contribution in [0.1, 0.15) is 48.9 Å². The minimum absolute atomic E-state index is 0.557. The molecule has 1 aromatic carbocycles. The van der Waals surface area contributed by atoms with Crippen molar-refractivity contribution in [2.75, 3.05) is 0 Å². The second-order valence-electron chi connectivity index (χ2n) is 5.07. The molecule has 0 spiro atoms. The molecule has 1 aliphatic carbocycles. The van der Waals surface area contributed by atoms with Crippen LogP contribution >= 0.6 is 0 Å². The molecule has 0 radical (unpaired) electrons. The molecule has 20 heavy (non-hydrogen) atoms. The topological polar surface area (TPSA) is 65.7 Å². The third-order valence-electron chi connectivity index (χ3n) is 4.09. The fraction of sp³-hybridized carbons (Fsp3) is 0.500. The smallest absolute Gasteiger partial charge is 0.314 e. The molecule has 108 valence electrons. The van der Waals surface area contributed by atoms with Crippen LogP contribution < -0.4 is 11.1 Å². The van der Waals surface area contributed by atoms with E-state index in [2.05, 4.69) is 16.9 Å². The number of hydrogen-bond acceptors (Lipinski definition) is 2. The van der Waals surface area contributed by atoms with E-state index >= 15 is 0 Å². The van der Waals surface area contributed by atoms with E-state index < -0.39 is 11.1 Å². The second-order valence-corrected chi connectivity index (χ2v) is 5.07. The molecule has 0 bridgehead atoms. The van der Waals surface area contributed by atoms with Crippen molar-refractivity contribution in [2.24, 2.45) is 0 Å². The first-order valence-corrected chi connectivity index (χ1v) is 7.37. The molecule has 0 saturated heterocycles. The number of fused-ring (bicyclic) bond motifs is 3. The highest BCUT2D eigenvalue weighted by Gasteiger charge is 2.19. The van der Waals surface area contributed by atoms with E-state index in [1.165, 1.54) is 23.1 Å². The number of rotatable bonds is 0. The fourth-order valence-corrected chi connectivity index (χ4v) is 2.98. The fourth-order valence-electron chi connectivity index (χ4n) is 2.98. The minimum Gasteiger partial charge on any atom is -0.316 e. The lowest BCUT2D eigenvalue weighted by molar-refractivity contribution is 0.684. The van der Waals surface area contributed by atoms with Crippen LogP contribution in [-0.4, -0.2) is 9.97 Å². The van der Waals surface area contributed by atoms with Crippen molar-refractivity contribution in [1.29, 1.82) is 0 Å². The Kier molecular flexibility index (Phi) is 4.12. The first-order chi connectivity index (χ1) is 9.59. The van der Waals surface area contributed by atoms with Crippen LogP contribution in [0.4, 0.5) is 0 Å². The molecule has 0 saturated carbocycles. The van der Waals surface area contributed by atoms with Crippen LogP contribution in [0.2, 0.25) is 0 Å². The molecule has 0 fully saturated rings. The summed E-state index contributed by atoms with van der Waals surface area (Å²) in [5, 5.41) is 0. The van der Waals surface area contributed by atoms with Crippen molar-refractivity contribution in [2.45, 2.75) is 53.4 Å². The quantitative estimate of drug-likeness (QED) is 0.725. The van der Waals surface area contributed by atoms with Crippen LogP contribution in [0.3, 0.4) is 0 Å². The molecule has 2 aromatic rings. The SMILES string of the molecule is CC.Cc1c2c(c3[nH]c(=O)c(=O)[nH]c3c1C)CCCC2. The van der Waals surface area contributed by atoms with E-state index in [9.17, 15) is 9.59 Å². The second kappa shape index (κ2) is 5.65. The van der Waals surface area contributed by atoms with Crippen molar-refractivity contribution in [3.05, 3.63) is 43.0 Å². The Hall–Kier alpha value is -1.84. The highest BCUT2D eigenvalue weighted by molar-refractivity contribution is 5.84. The zero-order chi connectivity index (χ0) is 14.9. The molecule has 1 heterocycles. The van der Waals surface area contributed by atoms with Crippen molar-refractivity contribution in [3.8, 4) is 0 Å². The molecule has 4 nitrogen and oxygen atoms in total.